The van der Waals surface area contributed by atoms with Gasteiger partial charge < -0.3 is 11.1 Å². The zero-order valence-corrected chi connectivity index (χ0v) is 11.5. The highest BCUT2D eigenvalue weighted by atomic mass is 16.6. The van der Waals surface area contributed by atoms with Crippen LogP contribution in [0.15, 0.2) is 42.5 Å². The SMILES string of the molecule is Cc1ccc(NCc2ccc(C(N)=O)cc2)cc1[N+](=O)[O-]. The van der Waals surface area contributed by atoms with Crippen LogP contribution in [0.5, 0.6) is 0 Å². The van der Waals surface area contributed by atoms with Gasteiger partial charge >= 0.3 is 0 Å². The summed E-state index contributed by atoms with van der Waals surface area (Å²) in [6, 6.07) is 11.9. The number of nitrogens with zero attached hydrogens (tertiary/aromatic N) is 1. The normalized spacial score (nSPS) is 10.1. The Morgan fingerprint density at radius 1 is 1.24 bits per heavy atom. The van der Waals surface area contributed by atoms with Crippen molar-refractivity contribution in [3.8, 4) is 0 Å². The van der Waals surface area contributed by atoms with Crippen molar-refractivity contribution < 1.29 is 9.72 Å². The largest absolute Gasteiger partial charge is 0.381 e. The van der Waals surface area contributed by atoms with Gasteiger partial charge in [-0.1, -0.05) is 18.2 Å². The molecule has 6 nitrogen and oxygen atoms in total. The van der Waals surface area contributed by atoms with E-state index in [1.807, 2.05) is 0 Å². The molecule has 3 N–H and O–H groups in total. The molecule has 0 aromatic heterocycles. The van der Waals surface area contributed by atoms with Gasteiger partial charge in [-0.25, -0.2) is 0 Å². The van der Waals surface area contributed by atoms with E-state index in [0.717, 1.165) is 5.56 Å². The maximum absolute atomic E-state index is 11.0. The molecule has 0 saturated heterocycles. The number of aryl methyl sites for hydroxylation is 1. The van der Waals surface area contributed by atoms with Crippen LogP contribution in [0.1, 0.15) is 21.5 Å². The minimum Gasteiger partial charge on any atom is -0.381 e. The third-order valence-electron chi connectivity index (χ3n) is 3.14. The summed E-state index contributed by atoms with van der Waals surface area (Å²) >= 11 is 0. The average Bonchev–Trinajstić information content (AvgIpc) is 2.46. The number of benzene rings is 2. The summed E-state index contributed by atoms with van der Waals surface area (Å²) in [4.78, 5) is 21.5. The fraction of sp³-hybridized carbons (Fsp3) is 0.133. The van der Waals surface area contributed by atoms with Crippen molar-refractivity contribution in [2.24, 2.45) is 5.73 Å². The molecule has 0 spiro atoms. The van der Waals surface area contributed by atoms with Crippen LogP contribution in [-0.4, -0.2) is 10.8 Å². The van der Waals surface area contributed by atoms with Crippen LogP contribution in [-0.2, 0) is 6.54 Å². The predicted molar refractivity (Wildman–Crippen MR) is 80.1 cm³/mol. The number of hydrogen-bond donors (Lipinski definition) is 2. The van der Waals surface area contributed by atoms with Crippen LogP contribution in [0.3, 0.4) is 0 Å². The first-order valence-corrected chi connectivity index (χ1v) is 6.35. The van der Waals surface area contributed by atoms with E-state index in [0.29, 0.717) is 23.4 Å². The van der Waals surface area contributed by atoms with Gasteiger partial charge in [0, 0.05) is 29.4 Å². The summed E-state index contributed by atoms with van der Waals surface area (Å²) in [5.74, 6) is -0.469. The lowest BCUT2D eigenvalue weighted by molar-refractivity contribution is -0.385. The van der Waals surface area contributed by atoms with Gasteiger partial charge in [-0.05, 0) is 30.7 Å². The number of nitro groups is 1. The van der Waals surface area contributed by atoms with E-state index in [-0.39, 0.29) is 5.69 Å². The van der Waals surface area contributed by atoms with Gasteiger partial charge in [0.25, 0.3) is 5.69 Å². The highest BCUT2D eigenvalue weighted by Crippen LogP contribution is 2.22. The first-order chi connectivity index (χ1) is 9.97. The zero-order valence-electron chi connectivity index (χ0n) is 11.5. The Kier molecular flexibility index (Phi) is 4.18. The molecule has 0 saturated carbocycles. The summed E-state index contributed by atoms with van der Waals surface area (Å²) in [7, 11) is 0. The molecule has 0 fully saturated rings. The van der Waals surface area contributed by atoms with Gasteiger partial charge in [0.2, 0.25) is 5.91 Å². The summed E-state index contributed by atoms with van der Waals surface area (Å²) in [5, 5.41) is 14.0. The minimum absolute atomic E-state index is 0.0871. The lowest BCUT2D eigenvalue weighted by Crippen LogP contribution is -2.10. The molecule has 0 aliphatic rings. The number of nitrogens with two attached hydrogens (primary N) is 1. The maximum Gasteiger partial charge on any atom is 0.274 e. The highest BCUT2D eigenvalue weighted by Gasteiger charge is 2.10. The average molecular weight is 285 g/mol. The van der Waals surface area contributed by atoms with Crippen molar-refractivity contribution in [3.05, 3.63) is 69.3 Å². The monoisotopic (exact) mass is 285 g/mol. The molecule has 0 radical (unpaired) electrons. The Balaban J connectivity index is 2.07. The molecule has 2 aromatic rings. The van der Waals surface area contributed by atoms with E-state index in [4.69, 9.17) is 5.73 Å². The first kappa shape index (κ1) is 14.5. The van der Waals surface area contributed by atoms with Gasteiger partial charge in [-0.2, -0.15) is 0 Å². The third-order valence-corrected chi connectivity index (χ3v) is 3.14. The molecule has 0 atom stereocenters. The second kappa shape index (κ2) is 6.04. The molecular formula is C15H15N3O3. The van der Waals surface area contributed by atoms with Crippen LogP contribution in [0.2, 0.25) is 0 Å². The molecule has 6 heteroatoms. The van der Waals surface area contributed by atoms with E-state index in [2.05, 4.69) is 5.32 Å². The van der Waals surface area contributed by atoms with Crippen molar-refractivity contribution in [3.63, 3.8) is 0 Å². The molecule has 0 bridgehead atoms. The smallest absolute Gasteiger partial charge is 0.274 e. The molecule has 108 valence electrons. The van der Waals surface area contributed by atoms with E-state index >= 15 is 0 Å². The summed E-state index contributed by atoms with van der Waals surface area (Å²) in [5.41, 5.74) is 7.95. The van der Waals surface area contributed by atoms with Crippen molar-refractivity contribution in [2.75, 3.05) is 5.32 Å². The molecule has 0 aliphatic carbocycles. The van der Waals surface area contributed by atoms with Gasteiger partial charge in [0.1, 0.15) is 0 Å². The fourth-order valence-electron chi connectivity index (χ4n) is 1.91. The first-order valence-electron chi connectivity index (χ1n) is 6.35. The maximum atomic E-state index is 11.0. The summed E-state index contributed by atoms with van der Waals surface area (Å²) in [6.45, 7) is 2.20. The molecular weight excluding hydrogens is 270 g/mol. The van der Waals surface area contributed by atoms with Crippen LogP contribution < -0.4 is 11.1 Å². The van der Waals surface area contributed by atoms with Crippen LogP contribution in [0.25, 0.3) is 0 Å². The number of carbonyl (C=O) groups excluding carboxylic acids is 1. The Morgan fingerprint density at radius 2 is 1.90 bits per heavy atom. The Morgan fingerprint density at radius 3 is 2.48 bits per heavy atom. The number of nitro benzene ring substituents is 1. The van der Waals surface area contributed by atoms with Crippen molar-refractivity contribution in [1.29, 1.82) is 0 Å². The second-order valence-electron chi connectivity index (χ2n) is 4.67. The zero-order chi connectivity index (χ0) is 15.4. The Hall–Kier alpha value is -2.89. The topological polar surface area (TPSA) is 98.3 Å². The molecule has 0 aliphatic heterocycles. The number of rotatable bonds is 5. The number of carbonyl (C=O) groups is 1. The standard InChI is InChI=1S/C15H15N3O3/c1-10-2-7-13(8-14(10)18(20)21)17-9-11-3-5-12(6-4-11)15(16)19/h2-8,17H,9H2,1H3,(H2,16,19). The quantitative estimate of drug-likeness (QED) is 0.651. The number of primary amides is 1. The lowest BCUT2D eigenvalue weighted by atomic mass is 10.1. The second-order valence-corrected chi connectivity index (χ2v) is 4.67. The molecule has 21 heavy (non-hydrogen) atoms. The number of amides is 1. The lowest BCUT2D eigenvalue weighted by Gasteiger charge is -2.08. The molecule has 0 heterocycles. The third kappa shape index (κ3) is 3.56. The fourth-order valence-corrected chi connectivity index (χ4v) is 1.91. The van der Waals surface area contributed by atoms with Gasteiger partial charge in [-0.15, -0.1) is 0 Å². The van der Waals surface area contributed by atoms with Gasteiger partial charge in [0.15, 0.2) is 0 Å². The van der Waals surface area contributed by atoms with E-state index < -0.39 is 10.8 Å². The van der Waals surface area contributed by atoms with Crippen molar-refractivity contribution >= 4 is 17.3 Å². The number of anilines is 1. The summed E-state index contributed by atoms with van der Waals surface area (Å²) in [6.07, 6.45) is 0. The Bertz CT molecular complexity index is 681. The van der Waals surface area contributed by atoms with Crippen molar-refractivity contribution in [1.82, 2.24) is 0 Å². The highest BCUT2D eigenvalue weighted by molar-refractivity contribution is 5.92. The van der Waals surface area contributed by atoms with E-state index in [9.17, 15) is 14.9 Å². The van der Waals surface area contributed by atoms with Crippen LogP contribution in [0.4, 0.5) is 11.4 Å². The predicted octanol–water partition coefficient (Wildman–Crippen LogP) is 2.61. The van der Waals surface area contributed by atoms with Crippen LogP contribution in [0, 0.1) is 17.0 Å². The Labute approximate surface area is 121 Å². The number of nitrogens with one attached hydrogen (secondary N) is 1. The molecule has 2 rings (SSSR count). The molecule has 2 aromatic carbocycles. The van der Waals surface area contributed by atoms with E-state index in [1.165, 1.54) is 6.07 Å². The summed E-state index contributed by atoms with van der Waals surface area (Å²) < 4.78 is 0. The minimum atomic E-state index is -0.469. The number of hydrogen-bond acceptors (Lipinski definition) is 4. The van der Waals surface area contributed by atoms with Crippen LogP contribution >= 0.6 is 0 Å². The molecule has 1 amide bonds. The molecule has 0 unspecified atom stereocenters. The van der Waals surface area contributed by atoms with Crippen molar-refractivity contribution in [2.45, 2.75) is 13.5 Å². The van der Waals surface area contributed by atoms with Gasteiger partial charge in [-0.3, -0.25) is 14.9 Å². The van der Waals surface area contributed by atoms with E-state index in [1.54, 1.807) is 43.3 Å². The van der Waals surface area contributed by atoms with Gasteiger partial charge in [0.05, 0.1) is 4.92 Å².